The minimum Gasteiger partial charge on any atom is -0.543 e. The van der Waals surface area contributed by atoms with Crippen molar-refractivity contribution in [3.8, 4) is 0 Å². The summed E-state index contributed by atoms with van der Waals surface area (Å²) in [5.74, 6) is -8.14. The number of carbonyl (C=O) groups excluding carboxylic acids is 5. The summed E-state index contributed by atoms with van der Waals surface area (Å²) in [5, 5.41) is 60.1. The van der Waals surface area contributed by atoms with E-state index in [1.54, 1.807) is 11.6 Å². The predicted molar refractivity (Wildman–Crippen MR) is 154 cm³/mol. The van der Waals surface area contributed by atoms with Gasteiger partial charge in [-0.15, -0.1) is 0 Å². The van der Waals surface area contributed by atoms with E-state index in [0.717, 1.165) is 24.3 Å². The Balaban J connectivity index is -0.0000000976. The van der Waals surface area contributed by atoms with Crippen molar-refractivity contribution in [3.63, 3.8) is 0 Å². The van der Waals surface area contributed by atoms with Crippen LogP contribution in [0.15, 0.2) is 54.6 Å². The standard InChI is InChI=1S/3C7H5NO4.C4H7N3O.Cr.6H2O/c3*9-6(10)4-2-1-3-5(8-4)7(11)12;1-7-2-3(8)6-4(7)5;;;;;;;/h3*1-3H,(H,9,10)(H,11,12);2H2,1H3,(H2,5,6,8);;6*1H2/q;;;;+3;;;;;;/p-3. The summed E-state index contributed by atoms with van der Waals surface area (Å²) in [5.41, 5.74) is 3.06. The van der Waals surface area contributed by atoms with Crippen LogP contribution in [-0.2, 0) is 22.2 Å². The molecule has 51 heavy (non-hydrogen) atoms. The fraction of sp³-hybridized carbons (Fsp3) is 0.0800. The van der Waals surface area contributed by atoms with E-state index in [-0.39, 0.29) is 67.5 Å². The van der Waals surface area contributed by atoms with Gasteiger partial charge < -0.3 is 82.7 Å². The topological polar surface area (TPSA) is 521 Å². The normalized spacial score (nSPS) is 9.63. The number of carbonyl (C=O) groups is 7. The molecule has 0 fully saturated rings. The average Bonchev–Trinajstić information content (AvgIpc) is 3.28. The van der Waals surface area contributed by atoms with Crippen LogP contribution < -0.4 is 31.5 Å². The zero-order valence-electron chi connectivity index (χ0n) is 25.6. The van der Waals surface area contributed by atoms with E-state index in [0.29, 0.717) is 12.5 Å². The van der Waals surface area contributed by atoms with Crippen molar-refractivity contribution in [2.45, 2.75) is 0 Å². The zero-order chi connectivity index (χ0) is 33.6. The summed E-state index contributed by atoms with van der Waals surface area (Å²) in [6, 6.07) is 10.9. The Labute approximate surface area is 295 Å². The van der Waals surface area contributed by atoms with Crippen LogP contribution >= 0.6 is 0 Å². The van der Waals surface area contributed by atoms with Crippen LogP contribution in [0, 0.1) is 0 Å². The predicted octanol–water partition coefficient (Wildman–Crippen LogP) is -10.8. The van der Waals surface area contributed by atoms with Gasteiger partial charge in [0.1, 0.15) is 11.4 Å². The Morgan fingerprint density at radius 3 is 1.00 bits per heavy atom. The molecule has 25 nitrogen and oxygen atoms in total. The van der Waals surface area contributed by atoms with Gasteiger partial charge in [0.05, 0.1) is 53.7 Å². The summed E-state index contributed by atoms with van der Waals surface area (Å²) in [6.45, 7) is 0.381. The molecule has 281 valence electrons. The third-order valence-corrected chi connectivity index (χ3v) is 4.58. The Morgan fingerprint density at radius 2 is 0.843 bits per heavy atom. The molecule has 17 N–H and O–H groups in total. The van der Waals surface area contributed by atoms with Crippen LogP contribution in [0.2, 0.25) is 0 Å². The molecule has 0 spiro atoms. The van der Waals surface area contributed by atoms with Crippen molar-refractivity contribution in [1.29, 1.82) is 0 Å². The van der Waals surface area contributed by atoms with Crippen LogP contribution in [0.5, 0.6) is 0 Å². The number of amides is 1. The number of aromatic carboxylic acids is 6. The Morgan fingerprint density at radius 1 is 0.608 bits per heavy atom. The van der Waals surface area contributed by atoms with Crippen molar-refractivity contribution in [3.05, 3.63) is 88.8 Å². The summed E-state index contributed by atoms with van der Waals surface area (Å²) in [7, 11) is 1.76. The van der Waals surface area contributed by atoms with Crippen LogP contribution in [0.25, 0.3) is 0 Å². The first-order valence-electron chi connectivity index (χ1n) is 11.4. The Kier molecular flexibility index (Phi) is 33.5. The van der Waals surface area contributed by atoms with E-state index in [1.807, 2.05) is 0 Å². The van der Waals surface area contributed by atoms with Gasteiger partial charge in [-0.3, -0.25) is 15.1 Å². The minimum absolute atomic E-state index is 0. The third-order valence-electron chi connectivity index (χ3n) is 4.58. The van der Waals surface area contributed by atoms with E-state index in [4.69, 9.17) is 15.9 Å². The number of hydrogen-bond donors (Lipinski definition) is 4. The summed E-state index contributed by atoms with van der Waals surface area (Å²) in [4.78, 5) is 81.7. The second-order valence-corrected chi connectivity index (χ2v) is 7.77. The van der Waals surface area contributed by atoms with Gasteiger partial charge in [-0.1, -0.05) is 18.2 Å². The van der Waals surface area contributed by atoms with E-state index in [1.165, 1.54) is 30.3 Å². The molecule has 0 saturated carbocycles. The van der Waals surface area contributed by atoms with Crippen molar-refractivity contribution < 1.29 is 119 Å². The molecule has 1 aliphatic rings. The summed E-state index contributed by atoms with van der Waals surface area (Å²) >= 11 is 0. The van der Waals surface area contributed by atoms with Gasteiger partial charge in [-0.2, -0.15) is 0 Å². The van der Waals surface area contributed by atoms with Gasteiger partial charge in [-0.05, 0) is 36.4 Å². The fourth-order valence-corrected chi connectivity index (χ4v) is 2.58. The number of nitrogens with one attached hydrogen (secondary N) is 1. The van der Waals surface area contributed by atoms with Crippen LogP contribution in [0.1, 0.15) is 62.9 Å². The number of nitrogens with zero attached hydrogens (tertiary/aromatic N) is 4. The first-order valence-corrected chi connectivity index (χ1v) is 11.4. The molecule has 4 heterocycles. The number of aromatic nitrogens is 3. The van der Waals surface area contributed by atoms with Crippen LogP contribution in [0.4, 0.5) is 0 Å². The summed E-state index contributed by atoms with van der Waals surface area (Å²) < 4.78 is 1.66. The van der Waals surface area contributed by atoms with Gasteiger partial charge in [-0.25, -0.2) is 29.9 Å². The molecule has 0 saturated heterocycles. The van der Waals surface area contributed by atoms with Crippen LogP contribution in [-0.4, -0.2) is 124 Å². The van der Waals surface area contributed by atoms with E-state index < -0.39 is 58.6 Å². The SMILES string of the molecule is C[N+]1=C(N)NC(=O)C1.O.O.O.O.O.O.O=C(O)c1cccc(C(=O)O)n1.O=C([O-])c1cccc(C(=O)[O-])n1.O=C([O-])c1cccc(C(=O)[O-])n1.[Cr+3]. The van der Waals surface area contributed by atoms with Crippen molar-refractivity contribution in [2.75, 3.05) is 13.6 Å². The average molecular weight is 772 g/mol. The molecule has 0 bridgehead atoms. The fourth-order valence-electron chi connectivity index (χ4n) is 2.58. The first-order chi connectivity index (χ1) is 20.5. The molecule has 0 atom stereocenters. The molecule has 3 aromatic rings. The van der Waals surface area contributed by atoms with Gasteiger partial charge >= 0.3 is 41.2 Å². The maximum Gasteiger partial charge on any atom is 3.00 e. The van der Waals surface area contributed by atoms with E-state index >= 15 is 0 Å². The Hall–Kier alpha value is -6.50. The smallest absolute Gasteiger partial charge is 0.543 e. The largest absolute Gasteiger partial charge is 3.00 e. The van der Waals surface area contributed by atoms with E-state index in [2.05, 4.69) is 20.3 Å². The number of carboxylic acid groups (broad SMARTS) is 6. The van der Waals surface area contributed by atoms with Gasteiger partial charge in [0.2, 0.25) is 0 Å². The molecule has 1 amide bonds. The molecule has 4 rings (SSSR count). The number of nitrogens with two attached hydrogens (primary N) is 1. The number of hydrogen-bond acceptors (Lipinski definition) is 15. The van der Waals surface area contributed by atoms with Crippen molar-refractivity contribution >= 4 is 47.7 Å². The molecular formula is C25H31CrN6O19. The summed E-state index contributed by atoms with van der Waals surface area (Å²) in [6.07, 6.45) is 0. The molecule has 0 aliphatic carbocycles. The number of carboxylic acids is 6. The number of likely N-dealkylation sites (N-methyl/N-ethyl adjacent to an activating group) is 1. The van der Waals surface area contributed by atoms with Crippen LogP contribution in [0.3, 0.4) is 0 Å². The first kappa shape index (κ1) is 59.9. The molecule has 1 aliphatic heterocycles. The second-order valence-electron chi connectivity index (χ2n) is 7.77. The molecule has 0 aromatic carbocycles. The van der Waals surface area contributed by atoms with Gasteiger partial charge in [0.15, 0.2) is 6.54 Å². The van der Waals surface area contributed by atoms with E-state index in [9.17, 15) is 54.0 Å². The molecule has 3 aromatic heterocycles. The number of rotatable bonds is 6. The molecule has 0 unspecified atom stereocenters. The van der Waals surface area contributed by atoms with Crippen molar-refractivity contribution in [2.24, 2.45) is 5.73 Å². The molecule has 1 radical (unpaired) electrons. The molecule has 26 heteroatoms. The minimum atomic E-state index is -1.52. The van der Waals surface area contributed by atoms with Gasteiger partial charge in [0.25, 0.3) is 0 Å². The monoisotopic (exact) mass is 771 g/mol. The van der Waals surface area contributed by atoms with Crippen molar-refractivity contribution in [1.82, 2.24) is 20.3 Å². The Bertz CT molecular complexity index is 1390. The number of pyridine rings is 3. The quantitative estimate of drug-likeness (QED) is 0.169. The number of guanidine groups is 1. The third kappa shape index (κ3) is 21.2. The maximum absolute atomic E-state index is 10.4. The molecular weight excluding hydrogens is 740 g/mol. The second kappa shape index (κ2) is 28.5. The maximum atomic E-state index is 10.4. The zero-order valence-corrected chi connectivity index (χ0v) is 26.8. The van der Waals surface area contributed by atoms with Gasteiger partial charge in [0, 0.05) is 0 Å².